The molecule has 0 aromatic carbocycles. The van der Waals surface area contributed by atoms with Crippen LogP contribution in [0.1, 0.15) is 45.4 Å². The smallest absolute Gasteiger partial charge is 0.254 e. The maximum atomic E-state index is 12.7. The SMILES string of the molecule is CC1(C(=O)N(CC2CCCN2)C2CC2)CCCO1. The van der Waals surface area contributed by atoms with Crippen LogP contribution in [0.15, 0.2) is 0 Å². The molecular formula is C14H24N2O2. The molecule has 3 fully saturated rings. The van der Waals surface area contributed by atoms with Crippen LogP contribution in [0.4, 0.5) is 0 Å². The van der Waals surface area contributed by atoms with E-state index in [-0.39, 0.29) is 5.91 Å². The summed E-state index contributed by atoms with van der Waals surface area (Å²) in [5.41, 5.74) is -0.540. The number of carbonyl (C=O) groups is 1. The largest absolute Gasteiger partial charge is 0.365 e. The standard InChI is InChI=1S/C14H24N2O2/c1-14(7-3-9-18-14)13(17)16(12-5-6-12)10-11-4-2-8-15-11/h11-12,15H,2-10H2,1H3. The number of hydrogen-bond donors (Lipinski definition) is 1. The van der Waals surface area contributed by atoms with Crippen molar-refractivity contribution in [2.75, 3.05) is 19.7 Å². The maximum Gasteiger partial charge on any atom is 0.254 e. The van der Waals surface area contributed by atoms with Crippen molar-refractivity contribution in [3.63, 3.8) is 0 Å². The second kappa shape index (κ2) is 4.82. The van der Waals surface area contributed by atoms with Crippen LogP contribution in [0.2, 0.25) is 0 Å². The first kappa shape index (κ1) is 12.4. The van der Waals surface area contributed by atoms with E-state index in [1.165, 1.54) is 25.7 Å². The molecule has 1 saturated carbocycles. The van der Waals surface area contributed by atoms with Crippen LogP contribution in [0.3, 0.4) is 0 Å². The van der Waals surface area contributed by atoms with Gasteiger partial charge in [0.2, 0.25) is 0 Å². The second-order valence-corrected chi connectivity index (χ2v) is 6.16. The predicted octanol–water partition coefficient (Wildman–Crippen LogP) is 1.30. The molecule has 102 valence electrons. The summed E-state index contributed by atoms with van der Waals surface area (Å²) in [6.07, 6.45) is 6.69. The minimum atomic E-state index is -0.540. The number of nitrogens with one attached hydrogen (secondary N) is 1. The highest BCUT2D eigenvalue weighted by Crippen LogP contribution is 2.34. The summed E-state index contributed by atoms with van der Waals surface area (Å²) < 4.78 is 5.71. The summed E-state index contributed by atoms with van der Waals surface area (Å²) in [7, 11) is 0. The molecule has 1 N–H and O–H groups in total. The van der Waals surface area contributed by atoms with Gasteiger partial charge in [-0.2, -0.15) is 0 Å². The van der Waals surface area contributed by atoms with Gasteiger partial charge in [-0.25, -0.2) is 0 Å². The molecule has 2 heterocycles. The lowest BCUT2D eigenvalue weighted by molar-refractivity contribution is -0.152. The van der Waals surface area contributed by atoms with Gasteiger partial charge in [-0.05, 0) is 52.0 Å². The number of ether oxygens (including phenoxy) is 1. The first-order valence-corrected chi connectivity index (χ1v) is 7.37. The molecule has 0 radical (unpaired) electrons. The Balaban J connectivity index is 1.66. The van der Waals surface area contributed by atoms with Gasteiger partial charge in [-0.15, -0.1) is 0 Å². The highest BCUT2D eigenvalue weighted by molar-refractivity contribution is 5.85. The molecule has 0 aromatic rings. The molecule has 2 aliphatic heterocycles. The lowest BCUT2D eigenvalue weighted by Crippen LogP contribution is -2.51. The minimum absolute atomic E-state index is 0.233. The second-order valence-electron chi connectivity index (χ2n) is 6.16. The number of carbonyl (C=O) groups excluding carboxylic acids is 1. The van der Waals surface area contributed by atoms with Crippen LogP contribution >= 0.6 is 0 Å². The zero-order chi connectivity index (χ0) is 12.6. The Labute approximate surface area is 109 Å². The van der Waals surface area contributed by atoms with E-state index in [0.717, 1.165) is 32.5 Å². The van der Waals surface area contributed by atoms with Crippen molar-refractivity contribution in [1.82, 2.24) is 10.2 Å². The van der Waals surface area contributed by atoms with E-state index in [0.29, 0.717) is 12.1 Å². The van der Waals surface area contributed by atoms with E-state index >= 15 is 0 Å². The molecule has 2 saturated heterocycles. The van der Waals surface area contributed by atoms with Crippen LogP contribution in [-0.2, 0) is 9.53 Å². The van der Waals surface area contributed by atoms with Crippen molar-refractivity contribution in [3.05, 3.63) is 0 Å². The van der Waals surface area contributed by atoms with E-state index in [4.69, 9.17) is 4.74 Å². The van der Waals surface area contributed by atoms with Gasteiger partial charge in [0.15, 0.2) is 0 Å². The van der Waals surface area contributed by atoms with Gasteiger partial charge in [0.05, 0.1) is 0 Å². The summed E-state index contributed by atoms with van der Waals surface area (Å²) in [5, 5.41) is 3.49. The molecule has 1 aliphatic carbocycles. The highest BCUT2D eigenvalue weighted by atomic mass is 16.5. The third kappa shape index (κ3) is 2.41. The number of hydrogen-bond acceptors (Lipinski definition) is 3. The predicted molar refractivity (Wildman–Crippen MR) is 69.4 cm³/mol. The van der Waals surface area contributed by atoms with Gasteiger partial charge in [-0.1, -0.05) is 0 Å². The van der Waals surface area contributed by atoms with Crippen molar-refractivity contribution in [2.45, 2.75) is 63.1 Å². The number of rotatable bonds is 4. The van der Waals surface area contributed by atoms with Crippen molar-refractivity contribution in [1.29, 1.82) is 0 Å². The van der Waals surface area contributed by atoms with Crippen LogP contribution in [0.5, 0.6) is 0 Å². The molecule has 2 unspecified atom stereocenters. The molecule has 0 bridgehead atoms. The Kier molecular flexibility index (Phi) is 3.32. The molecule has 1 amide bonds. The van der Waals surface area contributed by atoms with Gasteiger partial charge < -0.3 is 15.0 Å². The summed E-state index contributed by atoms with van der Waals surface area (Å²) in [6, 6.07) is 0.987. The van der Waals surface area contributed by atoms with Crippen LogP contribution in [-0.4, -0.2) is 48.2 Å². The van der Waals surface area contributed by atoms with E-state index < -0.39 is 5.60 Å². The van der Waals surface area contributed by atoms with Crippen molar-refractivity contribution < 1.29 is 9.53 Å². The fourth-order valence-corrected chi connectivity index (χ4v) is 3.19. The fourth-order valence-electron chi connectivity index (χ4n) is 3.19. The van der Waals surface area contributed by atoms with E-state index in [1.54, 1.807) is 0 Å². The third-order valence-corrected chi connectivity index (χ3v) is 4.50. The molecule has 4 heteroatoms. The van der Waals surface area contributed by atoms with E-state index in [9.17, 15) is 4.79 Å². The molecule has 2 atom stereocenters. The van der Waals surface area contributed by atoms with Crippen LogP contribution in [0.25, 0.3) is 0 Å². The molecule has 4 nitrogen and oxygen atoms in total. The van der Waals surface area contributed by atoms with Crippen LogP contribution in [0, 0.1) is 0 Å². The summed E-state index contributed by atoms with van der Waals surface area (Å²) in [6.45, 7) is 4.69. The van der Waals surface area contributed by atoms with Gasteiger partial charge in [0.25, 0.3) is 5.91 Å². The molecule has 3 rings (SSSR count). The maximum absolute atomic E-state index is 12.7. The first-order valence-electron chi connectivity index (χ1n) is 7.37. The van der Waals surface area contributed by atoms with Gasteiger partial charge in [0.1, 0.15) is 5.60 Å². The zero-order valence-corrected chi connectivity index (χ0v) is 11.3. The average molecular weight is 252 g/mol. The Bertz CT molecular complexity index is 316. The third-order valence-electron chi connectivity index (χ3n) is 4.50. The van der Waals surface area contributed by atoms with Crippen molar-refractivity contribution >= 4 is 5.91 Å². The zero-order valence-electron chi connectivity index (χ0n) is 11.3. The summed E-state index contributed by atoms with van der Waals surface area (Å²) >= 11 is 0. The van der Waals surface area contributed by atoms with Gasteiger partial charge in [0, 0.05) is 25.2 Å². The topological polar surface area (TPSA) is 41.6 Å². The van der Waals surface area contributed by atoms with E-state index in [1.807, 2.05) is 6.92 Å². The number of amides is 1. The molecular weight excluding hydrogens is 228 g/mol. The molecule has 0 spiro atoms. The van der Waals surface area contributed by atoms with Gasteiger partial charge in [-0.3, -0.25) is 4.79 Å². The van der Waals surface area contributed by atoms with Gasteiger partial charge >= 0.3 is 0 Å². The summed E-state index contributed by atoms with van der Waals surface area (Å²) in [5.74, 6) is 0.233. The highest BCUT2D eigenvalue weighted by Gasteiger charge is 2.45. The fraction of sp³-hybridized carbons (Fsp3) is 0.929. The first-order chi connectivity index (χ1) is 8.69. The Morgan fingerprint density at radius 2 is 2.22 bits per heavy atom. The monoisotopic (exact) mass is 252 g/mol. The lowest BCUT2D eigenvalue weighted by Gasteiger charge is -2.33. The molecule has 18 heavy (non-hydrogen) atoms. The Hall–Kier alpha value is -0.610. The number of nitrogens with zero attached hydrogens (tertiary/aromatic N) is 1. The lowest BCUT2D eigenvalue weighted by atomic mass is 10.0. The van der Waals surface area contributed by atoms with Crippen molar-refractivity contribution in [3.8, 4) is 0 Å². The molecule has 0 aromatic heterocycles. The van der Waals surface area contributed by atoms with Crippen LogP contribution < -0.4 is 5.32 Å². The van der Waals surface area contributed by atoms with E-state index in [2.05, 4.69) is 10.2 Å². The molecule has 3 aliphatic rings. The normalized spacial score (nSPS) is 35.9. The Morgan fingerprint density at radius 3 is 2.78 bits per heavy atom. The summed E-state index contributed by atoms with van der Waals surface area (Å²) in [4.78, 5) is 14.8. The quantitative estimate of drug-likeness (QED) is 0.820. The minimum Gasteiger partial charge on any atom is -0.365 e. The average Bonchev–Trinajstić information content (AvgIpc) is 2.89. The van der Waals surface area contributed by atoms with Crippen molar-refractivity contribution in [2.24, 2.45) is 0 Å². The Morgan fingerprint density at radius 1 is 1.39 bits per heavy atom.